The molecule has 0 aliphatic heterocycles. The Hall–Kier alpha value is -1.08. The molecule has 104 valence electrons. The average molecular weight is 392 g/mol. The largest absolute Gasteiger partial charge is 0.384 e. The molecule has 1 amide bonds. The maximum Gasteiger partial charge on any atom is 0.258 e. The first-order valence-corrected chi connectivity index (χ1v) is 7.38. The van der Waals surface area contributed by atoms with E-state index in [0.29, 0.717) is 5.56 Å². The Bertz CT molecular complexity index is 477. The maximum atomic E-state index is 11.8. The van der Waals surface area contributed by atoms with Gasteiger partial charge in [-0.25, -0.2) is 0 Å². The van der Waals surface area contributed by atoms with Crippen molar-refractivity contribution in [2.24, 2.45) is 9.75 Å². The van der Waals surface area contributed by atoms with Gasteiger partial charge in [-0.15, -0.1) is 0 Å². The number of guanidine groups is 1. The highest BCUT2D eigenvalue weighted by Gasteiger charge is 2.09. The van der Waals surface area contributed by atoms with Crippen molar-refractivity contribution < 1.29 is 4.79 Å². The van der Waals surface area contributed by atoms with Gasteiger partial charge in [0.25, 0.3) is 5.91 Å². The van der Waals surface area contributed by atoms with E-state index >= 15 is 0 Å². The van der Waals surface area contributed by atoms with Gasteiger partial charge in [-0.2, -0.15) is 4.02 Å². The minimum atomic E-state index is -0.304. The number of carbonyl (C=O) groups is 1. The molecule has 1 rings (SSSR count). The Morgan fingerprint density at radius 1 is 1.47 bits per heavy atom. The van der Waals surface area contributed by atoms with Crippen LogP contribution in [0.2, 0.25) is 0 Å². The van der Waals surface area contributed by atoms with Crippen molar-refractivity contribution in [2.45, 2.75) is 19.8 Å². The van der Waals surface area contributed by atoms with Crippen LogP contribution in [-0.2, 0) is 0 Å². The number of nitrogens with one attached hydrogen (secondary N) is 2. The number of halogens is 2. The maximum absolute atomic E-state index is 11.8. The van der Waals surface area contributed by atoms with Crippen LogP contribution in [0.1, 0.15) is 30.1 Å². The van der Waals surface area contributed by atoms with Gasteiger partial charge in [-0.1, -0.05) is 13.3 Å². The van der Waals surface area contributed by atoms with E-state index in [-0.39, 0.29) is 11.9 Å². The van der Waals surface area contributed by atoms with Crippen LogP contribution in [0.3, 0.4) is 0 Å². The number of amides is 1. The lowest BCUT2D eigenvalue weighted by Crippen LogP contribution is -2.36. The monoisotopic (exact) mass is 390 g/mol. The smallest absolute Gasteiger partial charge is 0.258 e. The van der Waals surface area contributed by atoms with Crippen LogP contribution in [0.25, 0.3) is 0 Å². The molecule has 0 fully saturated rings. The normalized spacial score (nSPS) is 11.2. The predicted molar refractivity (Wildman–Crippen MR) is 85.6 cm³/mol. The molecule has 0 radical (unpaired) electrons. The van der Waals surface area contributed by atoms with Crippen molar-refractivity contribution in [2.75, 3.05) is 11.9 Å². The van der Waals surface area contributed by atoms with Crippen LogP contribution in [0.4, 0.5) is 5.69 Å². The van der Waals surface area contributed by atoms with Gasteiger partial charge in [0.15, 0.2) is 0 Å². The van der Waals surface area contributed by atoms with Gasteiger partial charge in [0.05, 0.1) is 16.1 Å². The predicted octanol–water partition coefficient (Wildman–Crippen LogP) is 3.02. The number of nitrogens with two attached hydrogens (primary N) is 1. The topological polar surface area (TPSA) is 79.5 Å². The molecule has 1 aromatic rings. The Morgan fingerprint density at radius 2 is 2.21 bits per heavy atom. The first-order chi connectivity index (χ1) is 9.08. The van der Waals surface area contributed by atoms with Crippen molar-refractivity contribution in [1.29, 1.82) is 0 Å². The van der Waals surface area contributed by atoms with Gasteiger partial charge < -0.3 is 11.1 Å². The zero-order valence-electron chi connectivity index (χ0n) is 10.5. The second kappa shape index (κ2) is 8.16. The molecule has 0 aliphatic carbocycles. The number of anilines is 1. The second-order valence-corrected chi connectivity index (χ2v) is 5.11. The fraction of sp³-hybridized carbons (Fsp3) is 0.333. The molecule has 0 unspecified atom stereocenters. The molecular weight excluding hydrogens is 376 g/mol. The van der Waals surface area contributed by atoms with Crippen LogP contribution >= 0.6 is 32.1 Å². The number of nitrogens with zero attached hydrogens (tertiary/aromatic N) is 1. The number of hydrogen-bond donors (Lipinski definition) is 3. The highest BCUT2D eigenvalue weighted by atomic mass is 79.9. The Morgan fingerprint density at radius 3 is 2.79 bits per heavy atom. The van der Waals surface area contributed by atoms with Gasteiger partial charge in [0, 0.05) is 22.3 Å². The molecule has 0 saturated heterocycles. The van der Waals surface area contributed by atoms with Gasteiger partial charge in [-0.3, -0.25) is 10.1 Å². The molecule has 5 nitrogen and oxygen atoms in total. The van der Waals surface area contributed by atoms with Crippen LogP contribution in [-0.4, -0.2) is 18.4 Å². The van der Waals surface area contributed by atoms with Crippen LogP contribution in [0.15, 0.2) is 26.7 Å². The Kier molecular flexibility index (Phi) is 6.86. The molecule has 0 aliphatic rings. The van der Waals surface area contributed by atoms with E-state index in [1.165, 1.54) is 0 Å². The summed E-state index contributed by atoms with van der Waals surface area (Å²) in [5.41, 5.74) is 6.88. The molecule has 4 N–H and O–H groups in total. The zero-order chi connectivity index (χ0) is 14.3. The standard InChI is InChI=1S/C12H16Br2N4O/c1-2-3-6-16-10-5-4-8(7-9(10)13)11(19)17-12(15)18-14/h4-5,7,16H,2-3,6H2,1H3,(H3,15,17,18,19). The van der Waals surface area contributed by atoms with Crippen molar-refractivity contribution in [3.05, 3.63) is 28.2 Å². The zero-order valence-corrected chi connectivity index (χ0v) is 13.7. The number of rotatable bonds is 5. The van der Waals surface area contributed by atoms with Crippen molar-refractivity contribution >= 4 is 49.6 Å². The SMILES string of the molecule is CCCCNc1ccc(C(=O)N/C(N)=N\Br)cc1Br. The van der Waals surface area contributed by atoms with E-state index in [4.69, 9.17) is 5.73 Å². The van der Waals surface area contributed by atoms with Crippen LogP contribution in [0.5, 0.6) is 0 Å². The third-order valence-corrected chi connectivity index (χ3v) is 3.45. The van der Waals surface area contributed by atoms with E-state index in [1.54, 1.807) is 12.1 Å². The average Bonchev–Trinajstić information content (AvgIpc) is 2.40. The van der Waals surface area contributed by atoms with Gasteiger partial charge in [0.2, 0.25) is 5.96 Å². The minimum absolute atomic E-state index is 0.0197. The van der Waals surface area contributed by atoms with Crippen molar-refractivity contribution in [1.82, 2.24) is 5.32 Å². The second-order valence-electron chi connectivity index (χ2n) is 3.90. The molecule has 0 atom stereocenters. The van der Waals surface area contributed by atoms with Gasteiger partial charge in [0.1, 0.15) is 0 Å². The summed E-state index contributed by atoms with van der Waals surface area (Å²) >= 11 is 6.24. The summed E-state index contributed by atoms with van der Waals surface area (Å²) in [6, 6.07) is 5.33. The molecule has 0 heterocycles. The molecule has 7 heteroatoms. The first kappa shape index (κ1) is 16.0. The van der Waals surface area contributed by atoms with E-state index < -0.39 is 0 Å². The molecule has 0 bridgehead atoms. The fourth-order valence-electron chi connectivity index (χ4n) is 1.41. The summed E-state index contributed by atoms with van der Waals surface area (Å²) in [5.74, 6) is -0.284. The number of carbonyl (C=O) groups excluding carboxylic acids is 1. The highest BCUT2D eigenvalue weighted by Crippen LogP contribution is 2.23. The highest BCUT2D eigenvalue weighted by molar-refractivity contribution is 9.10. The molecule has 0 saturated carbocycles. The molecule has 0 spiro atoms. The lowest BCUT2D eigenvalue weighted by atomic mass is 10.2. The number of hydrogen-bond acceptors (Lipinski definition) is 3. The van der Waals surface area contributed by atoms with Gasteiger partial charge >= 0.3 is 0 Å². The lowest BCUT2D eigenvalue weighted by molar-refractivity contribution is 0.0977. The van der Waals surface area contributed by atoms with Crippen molar-refractivity contribution in [3.8, 4) is 0 Å². The lowest BCUT2D eigenvalue weighted by Gasteiger charge is -2.09. The molecule has 1 aromatic carbocycles. The van der Waals surface area contributed by atoms with Gasteiger partial charge in [-0.05, 0) is 40.5 Å². The third kappa shape index (κ3) is 5.20. The Labute approximate surface area is 129 Å². The summed E-state index contributed by atoms with van der Waals surface area (Å²) in [7, 11) is 0. The van der Waals surface area contributed by atoms with E-state index in [2.05, 4.69) is 53.7 Å². The summed E-state index contributed by atoms with van der Waals surface area (Å²) in [4.78, 5) is 11.8. The van der Waals surface area contributed by atoms with E-state index in [1.807, 2.05) is 6.07 Å². The van der Waals surface area contributed by atoms with E-state index in [9.17, 15) is 4.79 Å². The molecule has 19 heavy (non-hydrogen) atoms. The minimum Gasteiger partial charge on any atom is -0.384 e. The Balaban J connectivity index is 2.73. The number of unbranched alkanes of at least 4 members (excludes halogenated alkanes) is 1. The first-order valence-electron chi connectivity index (χ1n) is 5.87. The summed E-state index contributed by atoms with van der Waals surface area (Å²) in [6.07, 6.45) is 2.24. The van der Waals surface area contributed by atoms with Crippen molar-refractivity contribution in [3.63, 3.8) is 0 Å². The summed E-state index contributed by atoms with van der Waals surface area (Å²) in [6.45, 7) is 3.05. The quantitative estimate of drug-likeness (QED) is 0.410. The summed E-state index contributed by atoms with van der Waals surface area (Å²) in [5, 5.41) is 5.74. The summed E-state index contributed by atoms with van der Waals surface area (Å²) < 4.78 is 4.33. The fourth-order valence-corrected chi connectivity index (χ4v) is 2.02. The van der Waals surface area contributed by atoms with Crippen LogP contribution < -0.4 is 16.4 Å². The third-order valence-electron chi connectivity index (χ3n) is 2.41. The van der Waals surface area contributed by atoms with Crippen LogP contribution in [0, 0.1) is 0 Å². The molecular formula is C12H16Br2N4O. The van der Waals surface area contributed by atoms with E-state index in [0.717, 1.165) is 29.5 Å². The number of benzene rings is 1. The molecule has 0 aromatic heterocycles.